The number of halogens is 2. The number of hydrogen-bond donors (Lipinski definition) is 1. The first-order chi connectivity index (χ1) is 8.65. The third kappa shape index (κ3) is 3.96. The molecule has 0 aromatic heterocycles. The Kier molecular flexibility index (Phi) is 5.03. The Labute approximate surface area is 123 Å². The molecule has 1 heterocycles. The summed E-state index contributed by atoms with van der Waals surface area (Å²) < 4.78 is 7.22. The molecule has 1 aromatic rings. The predicted molar refractivity (Wildman–Crippen MR) is 76.5 cm³/mol. The van der Waals surface area contributed by atoms with E-state index >= 15 is 0 Å². The van der Waals surface area contributed by atoms with E-state index in [4.69, 9.17) is 4.74 Å². The Morgan fingerprint density at radius 3 is 2.44 bits per heavy atom. The van der Waals surface area contributed by atoms with E-state index in [1.54, 1.807) is 4.90 Å². The topological polar surface area (TPSA) is 41.6 Å². The van der Waals surface area contributed by atoms with Gasteiger partial charge in [-0.3, -0.25) is 0 Å². The van der Waals surface area contributed by atoms with Gasteiger partial charge in [0.2, 0.25) is 0 Å². The molecule has 1 N–H and O–H groups in total. The number of ether oxygens (including phenoxy) is 1. The second-order valence-electron chi connectivity index (χ2n) is 4.07. The molecule has 0 saturated carbocycles. The average Bonchev–Trinajstić information content (AvgIpc) is 2.36. The van der Waals surface area contributed by atoms with Crippen LogP contribution in [0.15, 0.2) is 27.1 Å². The van der Waals surface area contributed by atoms with Gasteiger partial charge in [-0.05, 0) is 23.8 Å². The molecule has 4 nitrogen and oxygen atoms in total. The second-order valence-corrected chi connectivity index (χ2v) is 5.90. The van der Waals surface area contributed by atoms with Crippen LogP contribution in [-0.4, -0.2) is 37.2 Å². The van der Waals surface area contributed by atoms with E-state index in [0.29, 0.717) is 19.7 Å². The number of hydrogen-bond acceptors (Lipinski definition) is 3. The molecule has 0 radical (unpaired) electrons. The van der Waals surface area contributed by atoms with Gasteiger partial charge >= 0.3 is 6.09 Å². The van der Waals surface area contributed by atoms with Crippen LogP contribution in [0.2, 0.25) is 0 Å². The minimum absolute atomic E-state index is 0.243. The van der Waals surface area contributed by atoms with Gasteiger partial charge in [-0.2, -0.15) is 0 Å². The predicted octanol–water partition coefficient (Wildman–Crippen LogP) is 2.75. The SMILES string of the molecule is O=C(OCc1cc(Br)cc(Br)c1)N1CCNCC1. The van der Waals surface area contributed by atoms with Crippen LogP contribution in [0.3, 0.4) is 0 Å². The molecule has 1 aromatic carbocycles. The van der Waals surface area contributed by atoms with Crippen molar-refractivity contribution in [2.45, 2.75) is 6.61 Å². The van der Waals surface area contributed by atoms with Crippen LogP contribution in [0, 0.1) is 0 Å². The number of nitrogens with one attached hydrogen (secondary N) is 1. The number of piperazine rings is 1. The summed E-state index contributed by atoms with van der Waals surface area (Å²) in [7, 11) is 0. The summed E-state index contributed by atoms with van der Waals surface area (Å²) in [6, 6.07) is 5.83. The summed E-state index contributed by atoms with van der Waals surface area (Å²) in [6.07, 6.45) is -0.243. The molecular formula is C12H14Br2N2O2. The van der Waals surface area contributed by atoms with Crippen molar-refractivity contribution < 1.29 is 9.53 Å². The van der Waals surface area contributed by atoms with Gasteiger partial charge in [0.15, 0.2) is 0 Å². The highest BCUT2D eigenvalue weighted by molar-refractivity contribution is 9.11. The van der Waals surface area contributed by atoms with Crippen molar-refractivity contribution in [2.24, 2.45) is 0 Å². The molecule has 2 rings (SSSR count). The van der Waals surface area contributed by atoms with Crippen LogP contribution in [0.1, 0.15) is 5.56 Å². The lowest BCUT2D eigenvalue weighted by Gasteiger charge is -2.26. The number of amides is 1. The smallest absolute Gasteiger partial charge is 0.410 e. The van der Waals surface area contributed by atoms with Crippen LogP contribution in [0.25, 0.3) is 0 Å². The third-order valence-corrected chi connectivity index (χ3v) is 3.58. The molecule has 98 valence electrons. The maximum atomic E-state index is 11.8. The fourth-order valence-corrected chi connectivity index (χ4v) is 3.17. The molecule has 0 bridgehead atoms. The lowest BCUT2D eigenvalue weighted by molar-refractivity contribution is 0.0918. The number of rotatable bonds is 2. The van der Waals surface area contributed by atoms with Crippen molar-refractivity contribution in [3.63, 3.8) is 0 Å². The van der Waals surface area contributed by atoms with Gasteiger partial charge in [0.25, 0.3) is 0 Å². The molecule has 0 atom stereocenters. The largest absolute Gasteiger partial charge is 0.445 e. The fourth-order valence-electron chi connectivity index (χ4n) is 1.78. The van der Waals surface area contributed by atoms with Crippen LogP contribution in [0.4, 0.5) is 4.79 Å². The van der Waals surface area contributed by atoms with Gasteiger partial charge < -0.3 is 15.0 Å². The molecule has 18 heavy (non-hydrogen) atoms. The van der Waals surface area contributed by atoms with Gasteiger partial charge in [0.1, 0.15) is 6.61 Å². The Bertz CT molecular complexity index is 414. The normalized spacial score (nSPS) is 15.6. The highest BCUT2D eigenvalue weighted by atomic mass is 79.9. The summed E-state index contributed by atoms with van der Waals surface area (Å²) in [5.41, 5.74) is 0.958. The van der Waals surface area contributed by atoms with Crippen LogP contribution in [0.5, 0.6) is 0 Å². The van der Waals surface area contributed by atoms with E-state index in [1.165, 1.54) is 0 Å². The van der Waals surface area contributed by atoms with E-state index in [2.05, 4.69) is 37.2 Å². The summed E-state index contributed by atoms with van der Waals surface area (Å²) in [6.45, 7) is 3.37. The molecule has 1 fully saturated rings. The molecule has 6 heteroatoms. The molecular weight excluding hydrogens is 364 g/mol. The Hall–Kier alpha value is -0.590. The first-order valence-electron chi connectivity index (χ1n) is 5.72. The highest BCUT2D eigenvalue weighted by Gasteiger charge is 2.17. The maximum Gasteiger partial charge on any atom is 0.410 e. The standard InChI is InChI=1S/C12H14Br2N2O2/c13-10-5-9(6-11(14)7-10)8-18-12(17)16-3-1-15-2-4-16/h5-7,15H,1-4,8H2. The minimum Gasteiger partial charge on any atom is -0.445 e. The first kappa shape index (κ1) is 13.8. The number of carbonyl (C=O) groups excluding carboxylic acids is 1. The molecule has 1 aliphatic rings. The van der Waals surface area contributed by atoms with Crippen molar-refractivity contribution >= 4 is 38.0 Å². The zero-order valence-electron chi connectivity index (χ0n) is 9.79. The lowest BCUT2D eigenvalue weighted by atomic mass is 10.2. The van der Waals surface area contributed by atoms with Gasteiger partial charge in [-0.25, -0.2) is 4.79 Å². The average molecular weight is 378 g/mol. The fraction of sp³-hybridized carbons (Fsp3) is 0.417. The summed E-state index contributed by atoms with van der Waals surface area (Å²) >= 11 is 6.81. The number of carbonyl (C=O) groups is 1. The van der Waals surface area contributed by atoms with Crippen LogP contribution < -0.4 is 5.32 Å². The third-order valence-electron chi connectivity index (χ3n) is 2.66. The molecule has 1 amide bonds. The molecule has 1 saturated heterocycles. The number of nitrogens with zero attached hydrogens (tertiary/aromatic N) is 1. The van der Waals surface area contributed by atoms with E-state index in [-0.39, 0.29) is 6.09 Å². The monoisotopic (exact) mass is 376 g/mol. The highest BCUT2D eigenvalue weighted by Crippen LogP contribution is 2.20. The molecule has 1 aliphatic heterocycles. The van der Waals surface area contributed by atoms with E-state index in [1.807, 2.05) is 18.2 Å². The van der Waals surface area contributed by atoms with Gasteiger partial charge in [0, 0.05) is 35.1 Å². The zero-order valence-corrected chi connectivity index (χ0v) is 13.0. The quantitative estimate of drug-likeness (QED) is 0.861. The maximum absolute atomic E-state index is 11.8. The van der Waals surface area contributed by atoms with E-state index in [9.17, 15) is 4.79 Å². The van der Waals surface area contributed by atoms with Crippen molar-refractivity contribution in [2.75, 3.05) is 26.2 Å². The second kappa shape index (κ2) is 6.54. The van der Waals surface area contributed by atoms with E-state index in [0.717, 1.165) is 27.6 Å². The van der Waals surface area contributed by atoms with Crippen molar-refractivity contribution in [1.82, 2.24) is 10.2 Å². The molecule has 0 aliphatic carbocycles. The van der Waals surface area contributed by atoms with Gasteiger partial charge in [-0.15, -0.1) is 0 Å². The summed E-state index contributed by atoms with van der Waals surface area (Å²) in [4.78, 5) is 13.5. The number of benzene rings is 1. The molecule has 0 spiro atoms. The Morgan fingerprint density at radius 2 is 1.83 bits per heavy atom. The molecule has 0 unspecified atom stereocenters. The van der Waals surface area contributed by atoms with Crippen LogP contribution in [-0.2, 0) is 11.3 Å². The lowest BCUT2D eigenvalue weighted by Crippen LogP contribution is -2.46. The Morgan fingerprint density at radius 1 is 1.22 bits per heavy atom. The zero-order chi connectivity index (χ0) is 13.0. The Balaban J connectivity index is 1.88. The van der Waals surface area contributed by atoms with Crippen LogP contribution >= 0.6 is 31.9 Å². The van der Waals surface area contributed by atoms with Gasteiger partial charge in [0.05, 0.1) is 0 Å². The minimum atomic E-state index is -0.243. The van der Waals surface area contributed by atoms with Crippen molar-refractivity contribution in [3.8, 4) is 0 Å². The van der Waals surface area contributed by atoms with Crippen molar-refractivity contribution in [3.05, 3.63) is 32.7 Å². The van der Waals surface area contributed by atoms with Crippen molar-refractivity contribution in [1.29, 1.82) is 0 Å². The summed E-state index contributed by atoms with van der Waals surface area (Å²) in [5, 5.41) is 3.20. The summed E-state index contributed by atoms with van der Waals surface area (Å²) in [5.74, 6) is 0. The van der Waals surface area contributed by atoms with E-state index < -0.39 is 0 Å². The first-order valence-corrected chi connectivity index (χ1v) is 7.31. The van der Waals surface area contributed by atoms with Gasteiger partial charge in [-0.1, -0.05) is 31.9 Å².